The molecule has 1 aliphatic rings. The summed E-state index contributed by atoms with van der Waals surface area (Å²) in [5.74, 6) is 1.41. The molecule has 1 aliphatic heterocycles. The lowest BCUT2D eigenvalue weighted by atomic mass is 10.1. The first kappa shape index (κ1) is 10.9. The molecule has 1 unspecified atom stereocenters. The van der Waals surface area contributed by atoms with E-state index in [-0.39, 0.29) is 17.4 Å². The molecule has 0 aliphatic carbocycles. The molecule has 0 amide bonds. The second-order valence-electron chi connectivity index (χ2n) is 3.90. The van der Waals surface area contributed by atoms with Gasteiger partial charge >= 0.3 is 0 Å². The fourth-order valence-corrected chi connectivity index (χ4v) is 3.92. The van der Waals surface area contributed by atoms with Crippen LogP contribution in [0, 0.1) is 12.8 Å². The summed E-state index contributed by atoms with van der Waals surface area (Å²) in [5.41, 5.74) is 0. The molecular weight excluding hydrogens is 238 g/mol. The number of hydrogen-bond acceptors (Lipinski definition) is 4. The lowest BCUT2D eigenvalue weighted by molar-refractivity contribution is 0.483. The second kappa shape index (κ2) is 3.75. The van der Waals surface area contributed by atoms with Crippen molar-refractivity contribution in [3.63, 3.8) is 0 Å². The first-order valence-corrected chi connectivity index (χ1v) is 6.93. The number of rotatable bonds is 2. The minimum atomic E-state index is -2.82. The van der Waals surface area contributed by atoms with Crippen molar-refractivity contribution >= 4 is 21.4 Å². The Hall–Kier alpha value is -0.620. The zero-order chi connectivity index (χ0) is 11.1. The molecule has 0 bridgehead atoms. The summed E-state index contributed by atoms with van der Waals surface area (Å²) in [4.78, 5) is 0. The van der Waals surface area contributed by atoms with E-state index in [1.807, 2.05) is 6.92 Å². The maximum Gasteiger partial charge on any atom is 0.225 e. The van der Waals surface area contributed by atoms with E-state index in [2.05, 4.69) is 10.2 Å². The molecule has 1 fully saturated rings. The highest BCUT2D eigenvalue weighted by Crippen LogP contribution is 2.22. The van der Waals surface area contributed by atoms with Crippen LogP contribution < -0.4 is 0 Å². The van der Waals surface area contributed by atoms with Crippen LogP contribution in [-0.4, -0.2) is 34.7 Å². The summed E-state index contributed by atoms with van der Waals surface area (Å²) in [6.45, 7) is 2.40. The zero-order valence-corrected chi connectivity index (χ0v) is 9.92. The van der Waals surface area contributed by atoms with Gasteiger partial charge in [-0.15, -0.1) is 10.2 Å². The second-order valence-corrected chi connectivity index (χ2v) is 6.46. The number of aromatic nitrogens is 3. The van der Waals surface area contributed by atoms with Gasteiger partial charge in [-0.3, -0.25) is 0 Å². The summed E-state index contributed by atoms with van der Waals surface area (Å²) in [6, 6.07) is 0. The van der Waals surface area contributed by atoms with E-state index in [4.69, 9.17) is 11.6 Å². The Kier molecular flexibility index (Phi) is 2.72. The van der Waals surface area contributed by atoms with Crippen LogP contribution in [0.5, 0.6) is 0 Å². The summed E-state index contributed by atoms with van der Waals surface area (Å²) in [7, 11) is -2.82. The van der Waals surface area contributed by atoms with E-state index in [0.29, 0.717) is 18.2 Å². The fourth-order valence-electron chi connectivity index (χ4n) is 1.84. The molecular formula is C8H12ClN3O2S. The van der Waals surface area contributed by atoms with Crippen molar-refractivity contribution in [1.29, 1.82) is 0 Å². The van der Waals surface area contributed by atoms with Gasteiger partial charge in [0.2, 0.25) is 5.28 Å². The third-order valence-electron chi connectivity index (χ3n) is 2.66. The Balaban J connectivity index is 2.11. The molecule has 0 saturated carbocycles. The summed E-state index contributed by atoms with van der Waals surface area (Å²) < 4.78 is 24.3. The number of aryl methyl sites for hydroxylation is 1. The first-order valence-electron chi connectivity index (χ1n) is 4.74. The summed E-state index contributed by atoms with van der Waals surface area (Å²) in [5, 5.41) is 7.88. The van der Waals surface area contributed by atoms with Crippen molar-refractivity contribution in [2.45, 2.75) is 19.9 Å². The van der Waals surface area contributed by atoms with Crippen molar-refractivity contribution in [3.05, 3.63) is 11.1 Å². The number of sulfone groups is 1. The Bertz CT molecular complexity index is 449. The van der Waals surface area contributed by atoms with Crippen LogP contribution in [0.4, 0.5) is 0 Å². The van der Waals surface area contributed by atoms with Gasteiger partial charge in [-0.05, 0) is 30.9 Å². The molecule has 0 radical (unpaired) electrons. The smallest absolute Gasteiger partial charge is 0.225 e. The Labute approximate surface area is 93.4 Å². The standard InChI is InChI=1S/C8H12ClN3O2S/c1-6-10-11-8(9)12(6)4-7-2-3-15(13,14)5-7/h7H,2-5H2,1H3. The molecule has 7 heteroatoms. The maximum atomic E-state index is 11.3. The van der Waals surface area contributed by atoms with Crippen LogP contribution in [0.3, 0.4) is 0 Å². The van der Waals surface area contributed by atoms with Crippen molar-refractivity contribution in [3.8, 4) is 0 Å². The Morgan fingerprint density at radius 2 is 2.27 bits per heavy atom. The highest BCUT2D eigenvalue weighted by Gasteiger charge is 2.28. The topological polar surface area (TPSA) is 64.8 Å². The highest BCUT2D eigenvalue weighted by atomic mass is 35.5. The van der Waals surface area contributed by atoms with Crippen molar-refractivity contribution in [2.75, 3.05) is 11.5 Å². The molecule has 2 heterocycles. The molecule has 1 aromatic rings. The number of nitrogens with zero attached hydrogens (tertiary/aromatic N) is 3. The fraction of sp³-hybridized carbons (Fsp3) is 0.750. The van der Waals surface area contributed by atoms with Crippen LogP contribution >= 0.6 is 11.6 Å². The molecule has 1 saturated heterocycles. The minimum absolute atomic E-state index is 0.141. The van der Waals surface area contributed by atoms with Crippen LogP contribution in [0.1, 0.15) is 12.2 Å². The third kappa shape index (κ3) is 2.31. The van der Waals surface area contributed by atoms with E-state index in [1.54, 1.807) is 4.57 Å². The van der Waals surface area contributed by atoms with Crippen molar-refractivity contribution < 1.29 is 8.42 Å². The van der Waals surface area contributed by atoms with Gasteiger partial charge in [0.1, 0.15) is 5.82 Å². The van der Waals surface area contributed by atoms with Crippen molar-refractivity contribution in [2.24, 2.45) is 5.92 Å². The van der Waals surface area contributed by atoms with Gasteiger partial charge in [0, 0.05) is 6.54 Å². The van der Waals surface area contributed by atoms with Crippen LogP contribution in [0.2, 0.25) is 5.28 Å². The van der Waals surface area contributed by atoms with Gasteiger partial charge in [0.15, 0.2) is 9.84 Å². The van der Waals surface area contributed by atoms with Gasteiger partial charge in [0.25, 0.3) is 0 Å². The van der Waals surface area contributed by atoms with E-state index in [9.17, 15) is 8.42 Å². The van der Waals surface area contributed by atoms with Crippen LogP contribution in [0.25, 0.3) is 0 Å². The quantitative estimate of drug-likeness (QED) is 0.773. The largest absolute Gasteiger partial charge is 0.302 e. The van der Waals surface area contributed by atoms with E-state index in [1.165, 1.54) is 0 Å². The molecule has 1 aromatic heterocycles. The molecule has 0 aromatic carbocycles. The first-order chi connectivity index (χ1) is 6.98. The third-order valence-corrected chi connectivity index (χ3v) is 4.77. The molecule has 1 atom stereocenters. The van der Waals surface area contributed by atoms with Gasteiger partial charge in [0.05, 0.1) is 11.5 Å². The van der Waals surface area contributed by atoms with Gasteiger partial charge in [-0.2, -0.15) is 0 Å². The summed E-state index contributed by atoms with van der Waals surface area (Å²) >= 11 is 5.83. The minimum Gasteiger partial charge on any atom is -0.302 e. The molecule has 84 valence electrons. The summed E-state index contributed by atoms with van der Waals surface area (Å²) in [6.07, 6.45) is 0.705. The maximum absolute atomic E-state index is 11.3. The SMILES string of the molecule is Cc1nnc(Cl)n1CC1CCS(=O)(=O)C1. The van der Waals surface area contributed by atoms with Crippen LogP contribution in [0.15, 0.2) is 0 Å². The van der Waals surface area contributed by atoms with E-state index < -0.39 is 9.84 Å². The lowest BCUT2D eigenvalue weighted by Crippen LogP contribution is -2.13. The average molecular weight is 250 g/mol. The average Bonchev–Trinajstić information content (AvgIpc) is 2.63. The molecule has 0 N–H and O–H groups in total. The van der Waals surface area contributed by atoms with E-state index in [0.717, 1.165) is 5.82 Å². The molecule has 0 spiro atoms. The Morgan fingerprint density at radius 3 is 2.73 bits per heavy atom. The predicted molar refractivity (Wildman–Crippen MR) is 56.5 cm³/mol. The molecule has 5 nitrogen and oxygen atoms in total. The number of hydrogen-bond donors (Lipinski definition) is 0. The van der Waals surface area contributed by atoms with Crippen molar-refractivity contribution in [1.82, 2.24) is 14.8 Å². The predicted octanol–water partition coefficient (Wildman–Crippen LogP) is 0.675. The Morgan fingerprint density at radius 1 is 1.53 bits per heavy atom. The van der Waals surface area contributed by atoms with Crippen LogP contribution in [-0.2, 0) is 16.4 Å². The van der Waals surface area contributed by atoms with E-state index >= 15 is 0 Å². The van der Waals surface area contributed by atoms with Gasteiger partial charge < -0.3 is 4.57 Å². The van der Waals surface area contributed by atoms with Gasteiger partial charge in [-0.1, -0.05) is 0 Å². The lowest BCUT2D eigenvalue weighted by Gasteiger charge is -2.09. The molecule has 15 heavy (non-hydrogen) atoms. The zero-order valence-electron chi connectivity index (χ0n) is 8.35. The molecule has 2 rings (SSSR count). The monoisotopic (exact) mass is 249 g/mol. The van der Waals surface area contributed by atoms with Gasteiger partial charge in [-0.25, -0.2) is 8.42 Å². The normalized spacial score (nSPS) is 24.5. The number of halogens is 1. The highest BCUT2D eigenvalue weighted by molar-refractivity contribution is 7.91.